The summed E-state index contributed by atoms with van der Waals surface area (Å²) in [5.74, 6) is 0.856. The number of benzene rings is 1. The standard InChI is InChI=1S/C14H21ClN2O/c1-10(2)16-11-6-7-17(9-11)14-8-12(18-3)4-5-13(14)15/h4-5,8,10-11,16H,6-7,9H2,1-3H3. The van der Waals surface area contributed by atoms with Gasteiger partial charge in [0.1, 0.15) is 5.75 Å². The van der Waals surface area contributed by atoms with Crippen LogP contribution in [-0.2, 0) is 0 Å². The monoisotopic (exact) mass is 268 g/mol. The third-order valence-electron chi connectivity index (χ3n) is 3.25. The van der Waals surface area contributed by atoms with Crippen molar-refractivity contribution in [3.05, 3.63) is 23.2 Å². The molecule has 1 unspecified atom stereocenters. The summed E-state index contributed by atoms with van der Waals surface area (Å²) in [7, 11) is 1.68. The van der Waals surface area contributed by atoms with Crippen LogP contribution < -0.4 is 15.0 Å². The highest BCUT2D eigenvalue weighted by molar-refractivity contribution is 6.33. The van der Waals surface area contributed by atoms with Gasteiger partial charge in [0.05, 0.1) is 17.8 Å². The maximum Gasteiger partial charge on any atom is 0.121 e. The Morgan fingerprint density at radius 2 is 2.22 bits per heavy atom. The molecule has 18 heavy (non-hydrogen) atoms. The molecule has 1 atom stereocenters. The molecular formula is C14H21ClN2O. The summed E-state index contributed by atoms with van der Waals surface area (Å²) in [5, 5.41) is 4.37. The molecule has 1 aromatic carbocycles. The van der Waals surface area contributed by atoms with Crippen molar-refractivity contribution >= 4 is 17.3 Å². The van der Waals surface area contributed by atoms with Crippen molar-refractivity contribution in [2.24, 2.45) is 0 Å². The molecule has 0 aromatic heterocycles. The van der Waals surface area contributed by atoms with E-state index in [0.717, 1.165) is 36.0 Å². The lowest BCUT2D eigenvalue weighted by atomic mass is 10.2. The first kappa shape index (κ1) is 13.5. The number of anilines is 1. The molecule has 1 heterocycles. The minimum absolute atomic E-state index is 0.524. The third-order valence-corrected chi connectivity index (χ3v) is 3.57. The van der Waals surface area contributed by atoms with E-state index in [1.807, 2.05) is 18.2 Å². The van der Waals surface area contributed by atoms with E-state index in [-0.39, 0.29) is 0 Å². The smallest absolute Gasteiger partial charge is 0.121 e. The van der Waals surface area contributed by atoms with Crippen LogP contribution >= 0.6 is 11.6 Å². The molecular weight excluding hydrogens is 248 g/mol. The molecule has 100 valence electrons. The summed E-state index contributed by atoms with van der Waals surface area (Å²) < 4.78 is 5.26. The second-order valence-electron chi connectivity index (χ2n) is 5.07. The number of halogens is 1. The highest BCUT2D eigenvalue weighted by atomic mass is 35.5. The Morgan fingerprint density at radius 3 is 2.89 bits per heavy atom. The van der Waals surface area contributed by atoms with E-state index in [1.165, 1.54) is 0 Å². The van der Waals surface area contributed by atoms with Crippen LogP contribution in [0.25, 0.3) is 0 Å². The molecule has 1 saturated heterocycles. The highest BCUT2D eigenvalue weighted by Crippen LogP contribution is 2.32. The van der Waals surface area contributed by atoms with Crippen molar-refractivity contribution in [1.29, 1.82) is 0 Å². The van der Waals surface area contributed by atoms with Crippen LogP contribution in [-0.4, -0.2) is 32.3 Å². The summed E-state index contributed by atoms with van der Waals surface area (Å²) in [5.41, 5.74) is 1.07. The number of hydrogen-bond acceptors (Lipinski definition) is 3. The fourth-order valence-corrected chi connectivity index (χ4v) is 2.69. The Kier molecular flexibility index (Phi) is 4.36. The van der Waals surface area contributed by atoms with Crippen molar-refractivity contribution in [3.63, 3.8) is 0 Å². The van der Waals surface area contributed by atoms with Gasteiger partial charge in [0.25, 0.3) is 0 Å². The minimum Gasteiger partial charge on any atom is -0.497 e. The fourth-order valence-electron chi connectivity index (χ4n) is 2.45. The Balaban J connectivity index is 2.08. The van der Waals surface area contributed by atoms with E-state index in [4.69, 9.17) is 16.3 Å². The van der Waals surface area contributed by atoms with Crippen LogP contribution in [0.15, 0.2) is 18.2 Å². The fraction of sp³-hybridized carbons (Fsp3) is 0.571. The number of rotatable bonds is 4. The summed E-state index contributed by atoms with van der Waals surface area (Å²) in [4.78, 5) is 2.32. The first-order valence-electron chi connectivity index (χ1n) is 6.44. The maximum atomic E-state index is 6.27. The van der Waals surface area contributed by atoms with Gasteiger partial charge in [0, 0.05) is 31.2 Å². The zero-order valence-corrected chi connectivity index (χ0v) is 12.0. The van der Waals surface area contributed by atoms with Crippen molar-refractivity contribution in [2.75, 3.05) is 25.1 Å². The lowest BCUT2D eigenvalue weighted by Crippen LogP contribution is -2.37. The molecule has 0 bridgehead atoms. The quantitative estimate of drug-likeness (QED) is 0.909. The van der Waals surface area contributed by atoms with E-state index >= 15 is 0 Å². The largest absolute Gasteiger partial charge is 0.497 e. The topological polar surface area (TPSA) is 24.5 Å². The maximum absolute atomic E-state index is 6.27. The van der Waals surface area contributed by atoms with Gasteiger partial charge in [0.2, 0.25) is 0 Å². The second kappa shape index (κ2) is 5.81. The Bertz CT molecular complexity index is 409. The average molecular weight is 269 g/mol. The van der Waals surface area contributed by atoms with Gasteiger partial charge >= 0.3 is 0 Å². The van der Waals surface area contributed by atoms with Gasteiger partial charge in [-0.05, 0) is 18.6 Å². The van der Waals surface area contributed by atoms with Crippen LogP contribution in [0.3, 0.4) is 0 Å². The first-order chi connectivity index (χ1) is 8.60. The molecule has 2 rings (SSSR count). The van der Waals surface area contributed by atoms with Gasteiger partial charge in [-0.1, -0.05) is 25.4 Å². The average Bonchev–Trinajstić information content (AvgIpc) is 2.77. The van der Waals surface area contributed by atoms with Crippen LogP contribution in [0.1, 0.15) is 20.3 Å². The van der Waals surface area contributed by atoms with E-state index in [9.17, 15) is 0 Å². The normalized spacial score (nSPS) is 19.6. The Labute approximate surface area is 114 Å². The molecule has 1 aliphatic heterocycles. The number of nitrogens with zero attached hydrogens (tertiary/aromatic N) is 1. The lowest BCUT2D eigenvalue weighted by Gasteiger charge is -2.21. The van der Waals surface area contributed by atoms with Gasteiger partial charge in [0.15, 0.2) is 0 Å². The molecule has 0 radical (unpaired) electrons. The van der Waals surface area contributed by atoms with Crippen molar-refractivity contribution in [1.82, 2.24) is 5.32 Å². The predicted molar refractivity (Wildman–Crippen MR) is 76.9 cm³/mol. The predicted octanol–water partition coefficient (Wildman–Crippen LogP) is 2.93. The molecule has 0 spiro atoms. The molecule has 0 saturated carbocycles. The molecule has 1 N–H and O–H groups in total. The van der Waals surface area contributed by atoms with E-state index in [1.54, 1.807) is 7.11 Å². The van der Waals surface area contributed by atoms with Crippen LogP contribution in [0.2, 0.25) is 5.02 Å². The van der Waals surface area contributed by atoms with E-state index in [2.05, 4.69) is 24.1 Å². The summed E-state index contributed by atoms with van der Waals surface area (Å²) >= 11 is 6.27. The second-order valence-corrected chi connectivity index (χ2v) is 5.48. The number of nitrogens with one attached hydrogen (secondary N) is 1. The Morgan fingerprint density at radius 1 is 1.44 bits per heavy atom. The van der Waals surface area contributed by atoms with Crippen molar-refractivity contribution in [2.45, 2.75) is 32.4 Å². The molecule has 0 aliphatic carbocycles. The number of methoxy groups -OCH3 is 1. The van der Waals surface area contributed by atoms with Gasteiger partial charge in [-0.15, -0.1) is 0 Å². The van der Waals surface area contributed by atoms with Crippen molar-refractivity contribution in [3.8, 4) is 5.75 Å². The van der Waals surface area contributed by atoms with Gasteiger partial charge < -0.3 is 15.0 Å². The molecule has 4 heteroatoms. The van der Waals surface area contributed by atoms with Crippen molar-refractivity contribution < 1.29 is 4.74 Å². The van der Waals surface area contributed by atoms with E-state index < -0.39 is 0 Å². The van der Waals surface area contributed by atoms with Gasteiger partial charge in [-0.2, -0.15) is 0 Å². The summed E-state index contributed by atoms with van der Waals surface area (Å²) in [6.07, 6.45) is 1.16. The summed E-state index contributed by atoms with van der Waals surface area (Å²) in [6.45, 7) is 6.41. The minimum atomic E-state index is 0.524. The van der Waals surface area contributed by atoms with Crippen LogP contribution in [0.5, 0.6) is 5.75 Å². The van der Waals surface area contributed by atoms with Crippen LogP contribution in [0, 0.1) is 0 Å². The molecule has 1 aliphatic rings. The molecule has 1 aromatic rings. The molecule has 3 nitrogen and oxygen atoms in total. The Hall–Kier alpha value is -0.930. The molecule has 0 amide bonds. The SMILES string of the molecule is COc1ccc(Cl)c(N2CCC(NC(C)C)C2)c1. The van der Waals surface area contributed by atoms with Gasteiger partial charge in [-0.3, -0.25) is 0 Å². The highest BCUT2D eigenvalue weighted by Gasteiger charge is 2.24. The zero-order valence-electron chi connectivity index (χ0n) is 11.2. The van der Waals surface area contributed by atoms with Crippen LogP contribution in [0.4, 0.5) is 5.69 Å². The molecule has 1 fully saturated rings. The zero-order chi connectivity index (χ0) is 13.1. The third kappa shape index (κ3) is 3.09. The number of hydrogen-bond donors (Lipinski definition) is 1. The first-order valence-corrected chi connectivity index (χ1v) is 6.82. The summed E-state index contributed by atoms with van der Waals surface area (Å²) in [6, 6.07) is 6.88. The van der Waals surface area contributed by atoms with Gasteiger partial charge in [-0.25, -0.2) is 0 Å². The number of ether oxygens (including phenoxy) is 1. The lowest BCUT2D eigenvalue weighted by molar-refractivity contribution is 0.415. The van der Waals surface area contributed by atoms with E-state index in [0.29, 0.717) is 12.1 Å².